The molecule has 1 N–H and O–H groups in total. The summed E-state index contributed by atoms with van der Waals surface area (Å²) in [5.41, 5.74) is 2.86. The number of nitrogens with zero attached hydrogens (tertiary/aromatic N) is 2. The Balaban J connectivity index is 2.31. The van der Waals surface area contributed by atoms with Crippen molar-refractivity contribution in [3.63, 3.8) is 0 Å². The molecule has 0 aliphatic heterocycles. The van der Waals surface area contributed by atoms with Crippen molar-refractivity contribution >= 4 is 22.5 Å². The summed E-state index contributed by atoms with van der Waals surface area (Å²) in [6, 6.07) is 8.08. The van der Waals surface area contributed by atoms with E-state index in [1.807, 2.05) is 31.3 Å². The molecule has 0 atom stereocenters. The fourth-order valence-electron chi connectivity index (χ4n) is 1.91. The molecule has 0 spiro atoms. The second-order valence-corrected chi connectivity index (χ2v) is 4.27. The molecule has 0 aliphatic rings. The van der Waals surface area contributed by atoms with Crippen molar-refractivity contribution in [2.45, 2.75) is 6.92 Å². The highest BCUT2D eigenvalue weighted by Gasteiger charge is 2.11. The average molecular weight is 244 g/mol. The predicted molar refractivity (Wildman–Crippen MR) is 69.1 cm³/mol. The van der Waals surface area contributed by atoms with Gasteiger partial charge < -0.3 is 4.98 Å². The SMILES string of the molecule is Cc1ncc(Cl)c(-c2c[nH]c3ccccc23)n1. The van der Waals surface area contributed by atoms with Crippen LogP contribution in [0.2, 0.25) is 5.02 Å². The Bertz CT molecular complexity index is 688. The first-order chi connectivity index (χ1) is 8.25. The number of benzene rings is 1. The quantitative estimate of drug-likeness (QED) is 0.710. The van der Waals surface area contributed by atoms with Crippen LogP contribution in [-0.4, -0.2) is 15.0 Å². The van der Waals surface area contributed by atoms with Crippen LogP contribution in [0.15, 0.2) is 36.7 Å². The normalized spacial score (nSPS) is 10.9. The molecule has 2 heterocycles. The molecule has 3 nitrogen and oxygen atoms in total. The molecule has 4 heteroatoms. The third kappa shape index (κ3) is 1.68. The fraction of sp³-hybridized carbons (Fsp3) is 0.0769. The summed E-state index contributed by atoms with van der Waals surface area (Å²) in [6.07, 6.45) is 3.57. The minimum absolute atomic E-state index is 0.570. The minimum Gasteiger partial charge on any atom is -0.360 e. The molecular weight excluding hydrogens is 234 g/mol. The minimum atomic E-state index is 0.570. The van der Waals surface area contributed by atoms with Gasteiger partial charge in [-0.3, -0.25) is 0 Å². The van der Waals surface area contributed by atoms with Gasteiger partial charge in [0.15, 0.2) is 0 Å². The van der Waals surface area contributed by atoms with Crippen LogP contribution in [0.5, 0.6) is 0 Å². The van der Waals surface area contributed by atoms with E-state index in [2.05, 4.69) is 21.0 Å². The molecule has 0 bridgehead atoms. The highest BCUT2D eigenvalue weighted by molar-refractivity contribution is 6.33. The Morgan fingerprint density at radius 3 is 2.94 bits per heavy atom. The summed E-state index contributed by atoms with van der Waals surface area (Å²) in [5.74, 6) is 0.717. The molecule has 2 aromatic heterocycles. The van der Waals surface area contributed by atoms with E-state index in [-0.39, 0.29) is 0 Å². The number of hydrogen-bond donors (Lipinski definition) is 1. The average Bonchev–Trinajstić information content (AvgIpc) is 2.76. The number of halogens is 1. The van der Waals surface area contributed by atoms with Gasteiger partial charge in [0.05, 0.1) is 10.7 Å². The van der Waals surface area contributed by atoms with E-state index in [0.29, 0.717) is 5.02 Å². The third-order valence-corrected chi connectivity index (χ3v) is 2.99. The summed E-state index contributed by atoms with van der Waals surface area (Å²) < 4.78 is 0. The fourth-order valence-corrected chi connectivity index (χ4v) is 2.10. The maximum atomic E-state index is 6.15. The highest BCUT2D eigenvalue weighted by atomic mass is 35.5. The van der Waals surface area contributed by atoms with Crippen molar-refractivity contribution < 1.29 is 0 Å². The number of aromatic amines is 1. The van der Waals surface area contributed by atoms with E-state index in [1.165, 1.54) is 0 Å². The van der Waals surface area contributed by atoms with E-state index in [1.54, 1.807) is 6.20 Å². The molecule has 3 aromatic rings. The van der Waals surface area contributed by atoms with Crippen molar-refractivity contribution in [2.75, 3.05) is 0 Å². The number of hydrogen-bond acceptors (Lipinski definition) is 2. The monoisotopic (exact) mass is 243 g/mol. The van der Waals surface area contributed by atoms with E-state index in [0.717, 1.165) is 28.0 Å². The Kier molecular flexibility index (Phi) is 2.34. The number of para-hydroxylation sites is 1. The zero-order valence-corrected chi connectivity index (χ0v) is 9.99. The lowest BCUT2D eigenvalue weighted by molar-refractivity contribution is 1.06. The maximum absolute atomic E-state index is 6.15. The molecule has 0 radical (unpaired) electrons. The molecular formula is C13H10ClN3. The van der Waals surface area contributed by atoms with E-state index >= 15 is 0 Å². The van der Waals surface area contributed by atoms with E-state index in [4.69, 9.17) is 11.6 Å². The lowest BCUT2D eigenvalue weighted by atomic mass is 10.1. The smallest absolute Gasteiger partial charge is 0.125 e. The number of aryl methyl sites for hydroxylation is 1. The standard InChI is InChI=1S/C13H10ClN3/c1-8-15-7-11(14)13(17-8)10-6-16-12-5-3-2-4-9(10)12/h2-7,16H,1H3. The second-order valence-electron chi connectivity index (χ2n) is 3.86. The number of nitrogens with one attached hydrogen (secondary N) is 1. The van der Waals surface area contributed by atoms with Crippen LogP contribution in [-0.2, 0) is 0 Å². The lowest BCUT2D eigenvalue weighted by Crippen LogP contribution is -1.91. The largest absolute Gasteiger partial charge is 0.360 e. The van der Waals surface area contributed by atoms with Crippen molar-refractivity contribution in [3.05, 3.63) is 47.5 Å². The van der Waals surface area contributed by atoms with Gasteiger partial charge in [-0.25, -0.2) is 9.97 Å². The van der Waals surface area contributed by atoms with Crippen LogP contribution in [0.4, 0.5) is 0 Å². The van der Waals surface area contributed by atoms with Gasteiger partial charge in [-0.05, 0) is 13.0 Å². The van der Waals surface area contributed by atoms with Crippen molar-refractivity contribution in [2.24, 2.45) is 0 Å². The lowest BCUT2D eigenvalue weighted by Gasteiger charge is -2.02. The topological polar surface area (TPSA) is 41.6 Å². The first-order valence-corrected chi connectivity index (χ1v) is 5.69. The second kappa shape index (κ2) is 3.86. The Labute approximate surface area is 103 Å². The molecule has 17 heavy (non-hydrogen) atoms. The number of H-pyrrole nitrogens is 1. The molecule has 84 valence electrons. The van der Waals surface area contributed by atoms with Crippen LogP contribution in [0.25, 0.3) is 22.2 Å². The van der Waals surface area contributed by atoms with Gasteiger partial charge in [0.1, 0.15) is 5.82 Å². The molecule has 0 fully saturated rings. The van der Waals surface area contributed by atoms with Crippen LogP contribution >= 0.6 is 11.6 Å². The molecule has 0 unspecified atom stereocenters. The summed E-state index contributed by atoms with van der Waals surface area (Å²) >= 11 is 6.15. The van der Waals surface area contributed by atoms with Gasteiger partial charge in [0.25, 0.3) is 0 Å². The summed E-state index contributed by atoms with van der Waals surface area (Å²) in [7, 11) is 0. The molecule has 0 amide bonds. The molecule has 0 aliphatic carbocycles. The van der Waals surface area contributed by atoms with Gasteiger partial charge in [-0.15, -0.1) is 0 Å². The summed E-state index contributed by atoms with van der Waals surface area (Å²) in [4.78, 5) is 11.7. The number of fused-ring (bicyclic) bond motifs is 1. The first-order valence-electron chi connectivity index (χ1n) is 5.31. The third-order valence-electron chi connectivity index (χ3n) is 2.71. The van der Waals surface area contributed by atoms with Gasteiger partial charge >= 0.3 is 0 Å². The van der Waals surface area contributed by atoms with Crippen molar-refractivity contribution in [1.29, 1.82) is 0 Å². The zero-order chi connectivity index (χ0) is 11.8. The highest BCUT2D eigenvalue weighted by Crippen LogP contribution is 2.31. The van der Waals surface area contributed by atoms with Crippen molar-refractivity contribution in [3.8, 4) is 11.3 Å². The Morgan fingerprint density at radius 2 is 2.06 bits per heavy atom. The summed E-state index contributed by atoms with van der Waals surface area (Å²) in [6.45, 7) is 1.86. The van der Waals surface area contributed by atoms with Gasteiger partial charge in [0, 0.05) is 28.9 Å². The van der Waals surface area contributed by atoms with Crippen molar-refractivity contribution in [1.82, 2.24) is 15.0 Å². The predicted octanol–water partition coefficient (Wildman–Crippen LogP) is 3.59. The van der Waals surface area contributed by atoms with Crippen LogP contribution in [0.3, 0.4) is 0 Å². The maximum Gasteiger partial charge on any atom is 0.125 e. The van der Waals surface area contributed by atoms with E-state index < -0.39 is 0 Å². The number of rotatable bonds is 1. The molecule has 1 aromatic carbocycles. The van der Waals surface area contributed by atoms with Crippen LogP contribution < -0.4 is 0 Å². The molecule has 0 saturated carbocycles. The van der Waals surface area contributed by atoms with Crippen LogP contribution in [0, 0.1) is 6.92 Å². The van der Waals surface area contributed by atoms with Crippen LogP contribution in [0.1, 0.15) is 5.82 Å². The zero-order valence-electron chi connectivity index (χ0n) is 9.24. The van der Waals surface area contributed by atoms with Gasteiger partial charge in [0.2, 0.25) is 0 Å². The molecule has 0 saturated heterocycles. The summed E-state index contributed by atoms with van der Waals surface area (Å²) in [5, 5.41) is 1.69. The first kappa shape index (κ1) is 10.3. The van der Waals surface area contributed by atoms with Gasteiger partial charge in [-0.2, -0.15) is 0 Å². The van der Waals surface area contributed by atoms with E-state index in [9.17, 15) is 0 Å². The van der Waals surface area contributed by atoms with Gasteiger partial charge in [-0.1, -0.05) is 29.8 Å². The molecule has 3 rings (SSSR count). The Morgan fingerprint density at radius 1 is 1.24 bits per heavy atom. The number of aromatic nitrogens is 3. The Hall–Kier alpha value is -1.87.